The Hall–Kier alpha value is -0.780. The van der Waals surface area contributed by atoms with Crippen molar-refractivity contribution in [2.45, 2.75) is 44.7 Å². The van der Waals surface area contributed by atoms with Gasteiger partial charge in [-0.15, -0.1) is 11.3 Å². The predicted octanol–water partition coefficient (Wildman–Crippen LogP) is 4.27. The summed E-state index contributed by atoms with van der Waals surface area (Å²) in [4.78, 5) is 9.10. The van der Waals surface area contributed by atoms with Gasteiger partial charge >= 0.3 is 0 Å². The van der Waals surface area contributed by atoms with Gasteiger partial charge in [-0.2, -0.15) is 0 Å². The fourth-order valence-corrected chi connectivity index (χ4v) is 3.53. The van der Waals surface area contributed by atoms with Crippen LogP contribution in [-0.2, 0) is 0 Å². The highest BCUT2D eigenvalue weighted by atomic mass is 79.9. The summed E-state index contributed by atoms with van der Waals surface area (Å²) < 4.78 is 1.01. The molecule has 0 bridgehead atoms. The van der Waals surface area contributed by atoms with Crippen LogP contribution >= 0.6 is 27.3 Å². The molecule has 1 atom stereocenters. The molecule has 1 N–H and O–H groups in total. The van der Waals surface area contributed by atoms with Gasteiger partial charge in [-0.1, -0.05) is 13.8 Å². The molecule has 3 rings (SSSR count). The fourth-order valence-electron chi connectivity index (χ4n) is 2.08. The van der Waals surface area contributed by atoms with Crippen LogP contribution in [0.25, 0.3) is 0 Å². The van der Waals surface area contributed by atoms with Crippen LogP contribution in [0.4, 0.5) is 0 Å². The monoisotopic (exact) mass is 351 g/mol. The molecule has 2 aromatic rings. The van der Waals surface area contributed by atoms with Gasteiger partial charge in [-0.25, -0.2) is 4.98 Å². The van der Waals surface area contributed by atoms with E-state index in [2.05, 4.69) is 51.5 Å². The molecule has 3 nitrogen and oxygen atoms in total. The summed E-state index contributed by atoms with van der Waals surface area (Å²) in [5.74, 6) is 0.474. The highest BCUT2D eigenvalue weighted by Gasteiger charge is 2.28. The minimum Gasteiger partial charge on any atom is -0.301 e. The third-order valence-corrected chi connectivity index (χ3v) is 4.78. The molecule has 2 heterocycles. The Bertz CT molecular complexity index is 592. The first-order valence-electron chi connectivity index (χ1n) is 6.95. The standard InChI is InChI=1S/C15H18BrN3S/c1-9(2)13-8-20-15(19-13)14(18-12-3-4-12)10-5-11(16)7-17-6-10/h5-9,12,14,18H,3-4H2,1-2H3. The average Bonchev–Trinajstić information content (AvgIpc) is 3.10. The van der Waals surface area contributed by atoms with E-state index in [0.717, 1.165) is 9.48 Å². The molecule has 2 aromatic heterocycles. The molecular weight excluding hydrogens is 334 g/mol. The van der Waals surface area contributed by atoms with E-state index in [1.54, 1.807) is 11.3 Å². The van der Waals surface area contributed by atoms with Gasteiger partial charge in [0.05, 0.1) is 11.7 Å². The van der Waals surface area contributed by atoms with Crippen molar-refractivity contribution >= 4 is 27.3 Å². The lowest BCUT2D eigenvalue weighted by Crippen LogP contribution is -2.24. The van der Waals surface area contributed by atoms with Gasteiger partial charge in [0.1, 0.15) is 5.01 Å². The van der Waals surface area contributed by atoms with Gasteiger partial charge in [-0.3, -0.25) is 4.98 Å². The van der Waals surface area contributed by atoms with E-state index in [0.29, 0.717) is 12.0 Å². The van der Waals surface area contributed by atoms with Crippen molar-refractivity contribution in [2.24, 2.45) is 0 Å². The number of nitrogens with one attached hydrogen (secondary N) is 1. The van der Waals surface area contributed by atoms with Crippen molar-refractivity contribution in [3.8, 4) is 0 Å². The van der Waals surface area contributed by atoms with E-state index in [1.807, 2.05) is 12.4 Å². The number of hydrogen-bond acceptors (Lipinski definition) is 4. The topological polar surface area (TPSA) is 37.8 Å². The largest absolute Gasteiger partial charge is 0.301 e. The summed E-state index contributed by atoms with van der Waals surface area (Å²) in [7, 11) is 0. The second-order valence-electron chi connectivity index (χ2n) is 5.58. The maximum Gasteiger partial charge on any atom is 0.114 e. The number of hydrogen-bond donors (Lipinski definition) is 1. The lowest BCUT2D eigenvalue weighted by Gasteiger charge is -2.16. The second kappa shape index (κ2) is 5.92. The number of pyridine rings is 1. The van der Waals surface area contributed by atoms with Gasteiger partial charge in [0.15, 0.2) is 0 Å². The minimum absolute atomic E-state index is 0.157. The molecule has 20 heavy (non-hydrogen) atoms. The Kier molecular flexibility index (Phi) is 4.19. The van der Waals surface area contributed by atoms with E-state index in [1.165, 1.54) is 24.1 Å². The SMILES string of the molecule is CC(C)c1csc(C(NC2CC2)c2cncc(Br)c2)n1. The average molecular weight is 352 g/mol. The molecule has 1 fully saturated rings. The summed E-state index contributed by atoms with van der Waals surface area (Å²) in [6, 6.07) is 2.92. The summed E-state index contributed by atoms with van der Waals surface area (Å²) >= 11 is 5.25. The summed E-state index contributed by atoms with van der Waals surface area (Å²) in [5.41, 5.74) is 2.35. The van der Waals surface area contributed by atoms with Crippen LogP contribution in [0.1, 0.15) is 54.9 Å². The zero-order valence-corrected chi connectivity index (χ0v) is 14.0. The van der Waals surface area contributed by atoms with Crippen LogP contribution < -0.4 is 5.32 Å². The molecule has 1 aliphatic rings. The third kappa shape index (κ3) is 3.27. The zero-order valence-electron chi connectivity index (χ0n) is 11.6. The Labute approximate surface area is 132 Å². The molecule has 0 aromatic carbocycles. The molecule has 0 amide bonds. The summed E-state index contributed by atoms with van der Waals surface area (Å²) in [6.45, 7) is 4.37. The minimum atomic E-state index is 0.157. The Morgan fingerprint density at radius 3 is 2.75 bits per heavy atom. The number of aromatic nitrogens is 2. The Morgan fingerprint density at radius 1 is 1.35 bits per heavy atom. The van der Waals surface area contributed by atoms with Gasteiger partial charge in [-0.05, 0) is 46.3 Å². The summed E-state index contributed by atoms with van der Waals surface area (Å²) in [6.07, 6.45) is 6.28. The lowest BCUT2D eigenvalue weighted by atomic mass is 10.1. The number of nitrogens with zero attached hydrogens (tertiary/aromatic N) is 2. The van der Waals surface area contributed by atoms with E-state index in [9.17, 15) is 0 Å². The molecule has 5 heteroatoms. The van der Waals surface area contributed by atoms with E-state index >= 15 is 0 Å². The molecular formula is C15H18BrN3S. The molecule has 0 spiro atoms. The van der Waals surface area contributed by atoms with Crippen molar-refractivity contribution < 1.29 is 0 Å². The molecule has 0 radical (unpaired) electrons. The van der Waals surface area contributed by atoms with Crippen molar-refractivity contribution in [3.63, 3.8) is 0 Å². The molecule has 106 valence electrons. The van der Waals surface area contributed by atoms with Crippen LogP contribution in [0.15, 0.2) is 28.3 Å². The number of thiazole rings is 1. The highest BCUT2D eigenvalue weighted by molar-refractivity contribution is 9.10. The van der Waals surface area contributed by atoms with Crippen LogP contribution in [0.2, 0.25) is 0 Å². The van der Waals surface area contributed by atoms with Gasteiger partial charge in [0.2, 0.25) is 0 Å². The van der Waals surface area contributed by atoms with Gasteiger partial charge in [0.25, 0.3) is 0 Å². The van der Waals surface area contributed by atoms with Crippen molar-refractivity contribution in [3.05, 3.63) is 44.6 Å². The lowest BCUT2D eigenvalue weighted by molar-refractivity contribution is 0.593. The first kappa shape index (κ1) is 14.2. The number of rotatable bonds is 5. The Morgan fingerprint density at radius 2 is 2.15 bits per heavy atom. The van der Waals surface area contributed by atoms with Gasteiger partial charge in [0, 0.05) is 28.3 Å². The van der Waals surface area contributed by atoms with E-state index < -0.39 is 0 Å². The van der Waals surface area contributed by atoms with Crippen LogP contribution in [0, 0.1) is 0 Å². The molecule has 1 unspecified atom stereocenters. The quantitative estimate of drug-likeness (QED) is 0.874. The van der Waals surface area contributed by atoms with Crippen molar-refractivity contribution in [1.29, 1.82) is 0 Å². The smallest absolute Gasteiger partial charge is 0.114 e. The second-order valence-corrected chi connectivity index (χ2v) is 7.38. The van der Waals surface area contributed by atoms with Crippen molar-refractivity contribution in [1.82, 2.24) is 15.3 Å². The van der Waals surface area contributed by atoms with Crippen LogP contribution in [0.5, 0.6) is 0 Å². The van der Waals surface area contributed by atoms with Crippen molar-refractivity contribution in [2.75, 3.05) is 0 Å². The van der Waals surface area contributed by atoms with Gasteiger partial charge < -0.3 is 5.32 Å². The van der Waals surface area contributed by atoms with E-state index in [-0.39, 0.29) is 6.04 Å². The Balaban J connectivity index is 1.92. The van der Waals surface area contributed by atoms with E-state index in [4.69, 9.17) is 4.98 Å². The number of halogens is 1. The first-order chi connectivity index (χ1) is 9.63. The molecule has 0 saturated heterocycles. The fraction of sp³-hybridized carbons (Fsp3) is 0.467. The maximum atomic E-state index is 4.81. The van der Waals surface area contributed by atoms with Crippen LogP contribution in [-0.4, -0.2) is 16.0 Å². The predicted molar refractivity (Wildman–Crippen MR) is 86.1 cm³/mol. The molecule has 1 saturated carbocycles. The zero-order chi connectivity index (χ0) is 14.1. The molecule has 0 aliphatic heterocycles. The van der Waals surface area contributed by atoms with Crippen LogP contribution in [0.3, 0.4) is 0 Å². The summed E-state index contributed by atoms with van der Waals surface area (Å²) in [5, 5.41) is 7.00. The third-order valence-electron chi connectivity index (χ3n) is 3.42. The first-order valence-corrected chi connectivity index (χ1v) is 8.62. The maximum absolute atomic E-state index is 4.81. The normalized spacial score (nSPS) is 16.6. The highest BCUT2D eigenvalue weighted by Crippen LogP contribution is 2.32. The molecule has 1 aliphatic carbocycles.